The first-order valence-electron chi connectivity index (χ1n) is 5.75. The number of hydrogen-bond acceptors (Lipinski definition) is 4. The minimum atomic E-state index is -0.0844. The first-order chi connectivity index (χ1) is 9.28. The zero-order valence-corrected chi connectivity index (χ0v) is 11.0. The molecule has 3 N–H and O–H groups in total. The van der Waals surface area contributed by atoms with E-state index in [0.29, 0.717) is 18.8 Å². The Balaban J connectivity index is 2.00. The Hall–Kier alpha value is -2.16. The van der Waals surface area contributed by atoms with Crippen LogP contribution in [0.25, 0.3) is 0 Å². The topological polar surface area (TPSA) is 68.0 Å². The molecule has 2 heterocycles. The molecule has 0 bridgehead atoms. The fourth-order valence-electron chi connectivity index (χ4n) is 1.49. The van der Waals surface area contributed by atoms with Crippen LogP contribution in [0.4, 0.5) is 5.82 Å². The van der Waals surface area contributed by atoms with E-state index in [2.05, 4.69) is 22.1 Å². The van der Waals surface area contributed by atoms with Crippen LogP contribution in [0.1, 0.15) is 10.4 Å². The number of aromatic nitrogens is 1. The smallest absolute Gasteiger partial charge is 0.230 e. The number of anilines is 1. The van der Waals surface area contributed by atoms with Crippen LogP contribution in [0, 0.1) is 11.8 Å². The Morgan fingerprint density at radius 2 is 2.37 bits per heavy atom. The third-order valence-electron chi connectivity index (χ3n) is 2.28. The van der Waals surface area contributed by atoms with Gasteiger partial charge in [0.2, 0.25) is 5.91 Å². The SMILES string of the molecule is NCC#Cc1ccnc(NC(=O)Cc2cccs2)c1. The van der Waals surface area contributed by atoms with Crippen LogP contribution in [-0.2, 0) is 11.2 Å². The van der Waals surface area contributed by atoms with Gasteiger partial charge in [-0.2, -0.15) is 0 Å². The van der Waals surface area contributed by atoms with Gasteiger partial charge in [-0.05, 0) is 23.6 Å². The Bertz CT molecular complexity index is 611. The van der Waals surface area contributed by atoms with Gasteiger partial charge in [0.1, 0.15) is 5.82 Å². The Labute approximate surface area is 115 Å². The number of nitrogens with two attached hydrogens (primary N) is 1. The molecule has 0 saturated carbocycles. The second-order valence-electron chi connectivity index (χ2n) is 3.74. The summed E-state index contributed by atoms with van der Waals surface area (Å²) in [6.45, 7) is 0.308. The van der Waals surface area contributed by atoms with Gasteiger partial charge in [0.05, 0.1) is 13.0 Å². The second kappa shape index (κ2) is 6.69. The molecule has 2 aromatic heterocycles. The number of carbonyl (C=O) groups is 1. The molecule has 19 heavy (non-hydrogen) atoms. The van der Waals surface area contributed by atoms with Crippen LogP contribution in [0.15, 0.2) is 35.8 Å². The molecule has 1 amide bonds. The molecular weight excluding hydrogens is 258 g/mol. The Kier molecular flexibility index (Phi) is 4.67. The van der Waals surface area contributed by atoms with E-state index in [4.69, 9.17) is 5.73 Å². The number of nitrogens with one attached hydrogen (secondary N) is 1. The fourth-order valence-corrected chi connectivity index (χ4v) is 2.19. The summed E-state index contributed by atoms with van der Waals surface area (Å²) in [5, 5.41) is 4.70. The first kappa shape index (κ1) is 13.3. The van der Waals surface area contributed by atoms with Crippen molar-refractivity contribution in [2.75, 3.05) is 11.9 Å². The average Bonchev–Trinajstić information content (AvgIpc) is 2.89. The highest BCUT2D eigenvalue weighted by atomic mass is 32.1. The van der Waals surface area contributed by atoms with Gasteiger partial charge in [-0.1, -0.05) is 17.9 Å². The molecule has 2 rings (SSSR count). The Morgan fingerprint density at radius 3 is 3.11 bits per heavy atom. The maximum atomic E-state index is 11.8. The maximum absolute atomic E-state index is 11.8. The largest absolute Gasteiger partial charge is 0.320 e. The summed E-state index contributed by atoms with van der Waals surface area (Å²) in [7, 11) is 0. The number of amides is 1. The third-order valence-corrected chi connectivity index (χ3v) is 3.15. The number of carbonyl (C=O) groups excluding carboxylic acids is 1. The predicted octanol–water partition coefficient (Wildman–Crippen LogP) is 1.63. The number of nitrogens with zero attached hydrogens (tertiary/aromatic N) is 1. The van der Waals surface area contributed by atoms with Crippen molar-refractivity contribution in [1.82, 2.24) is 4.98 Å². The van der Waals surface area contributed by atoms with Crippen molar-refractivity contribution in [3.8, 4) is 11.8 Å². The summed E-state index contributed by atoms with van der Waals surface area (Å²) in [5.74, 6) is 6.08. The fraction of sp³-hybridized carbons (Fsp3) is 0.143. The molecular formula is C14H13N3OS. The maximum Gasteiger partial charge on any atom is 0.230 e. The summed E-state index contributed by atoms with van der Waals surface area (Å²) in [6, 6.07) is 7.36. The van der Waals surface area contributed by atoms with Gasteiger partial charge in [-0.15, -0.1) is 11.3 Å². The van der Waals surface area contributed by atoms with Crippen molar-refractivity contribution in [3.63, 3.8) is 0 Å². The minimum absolute atomic E-state index is 0.0844. The molecule has 5 heteroatoms. The van der Waals surface area contributed by atoms with Crippen molar-refractivity contribution in [2.45, 2.75) is 6.42 Å². The van der Waals surface area contributed by atoms with Gasteiger partial charge < -0.3 is 11.1 Å². The van der Waals surface area contributed by atoms with Crippen LogP contribution in [0.3, 0.4) is 0 Å². The van der Waals surface area contributed by atoms with Gasteiger partial charge in [0, 0.05) is 16.6 Å². The lowest BCUT2D eigenvalue weighted by Crippen LogP contribution is -2.14. The lowest BCUT2D eigenvalue weighted by Gasteiger charge is -2.03. The van der Waals surface area contributed by atoms with Crippen LogP contribution in [0.5, 0.6) is 0 Å². The highest BCUT2D eigenvalue weighted by Gasteiger charge is 2.05. The van der Waals surface area contributed by atoms with E-state index in [-0.39, 0.29) is 5.91 Å². The van der Waals surface area contributed by atoms with Gasteiger partial charge in [-0.25, -0.2) is 4.98 Å². The summed E-state index contributed by atoms with van der Waals surface area (Å²) in [6.07, 6.45) is 1.97. The molecule has 0 aliphatic rings. The van der Waals surface area contributed by atoms with Crippen molar-refractivity contribution in [1.29, 1.82) is 0 Å². The van der Waals surface area contributed by atoms with E-state index >= 15 is 0 Å². The highest BCUT2D eigenvalue weighted by Crippen LogP contribution is 2.11. The van der Waals surface area contributed by atoms with Crippen molar-refractivity contribution in [2.24, 2.45) is 5.73 Å². The van der Waals surface area contributed by atoms with Gasteiger partial charge in [0.15, 0.2) is 0 Å². The zero-order chi connectivity index (χ0) is 13.5. The predicted molar refractivity (Wildman–Crippen MR) is 76.8 cm³/mol. The third kappa shape index (κ3) is 4.21. The standard InChI is InChI=1S/C14H13N3OS/c15-6-1-3-11-5-7-16-13(9-11)17-14(18)10-12-4-2-8-19-12/h2,4-5,7-9H,6,10,15H2,(H,16,17,18). The molecule has 0 unspecified atom stereocenters. The van der Waals surface area contributed by atoms with Crippen LogP contribution >= 0.6 is 11.3 Å². The van der Waals surface area contributed by atoms with Crippen LogP contribution < -0.4 is 11.1 Å². The summed E-state index contributed by atoms with van der Waals surface area (Å²) in [4.78, 5) is 16.9. The normalized spacial score (nSPS) is 9.53. The monoisotopic (exact) mass is 271 g/mol. The first-order valence-corrected chi connectivity index (χ1v) is 6.63. The van der Waals surface area contributed by atoms with E-state index in [1.54, 1.807) is 29.7 Å². The minimum Gasteiger partial charge on any atom is -0.320 e. The van der Waals surface area contributed by atoms with Gasteiger partial charge in [-0.3, -0.25) is 4.79 Å². The molecule has 0 fully saturated rings. The van der Waals surface area contributed by atoms with Gasteiger partial charge in [0.25, 0.3) is 0 Å². The Morgan fingerprint density at radius 1 is 1.47 bits per heavy atom. The second-order valence-corrected chi connectivity index (χ2v) is 4.77. The number of pyridine rings is 1. The van der Waals surface area contributed by atoms with E-state index in [1.807, 2.05) is 17.5 Å². The van der Waals surface area contributed by atoms with E-state index in [0.717, 1.165) is 10.4 Å². The summed E-state index contributed by atoms with van der Waals surface area (Å²) < 4.78 is 0. The quantitative estimate of drug-likeness (QED) is 0.834. The summed E-state index contributed by atoms with van der Waals surface area (Å²) in [5.41, 5.74) is 6.10. The number of thiophene rings is 1. The molecule has 0 aromatic carbocycles. The summed E-state index contributed by atoms with van der Waals surface area (Å²) >= 11 is 1.56. The molecule has 2 aromatic rings. The van der Waals surface area contributed by atoms with Gasteiger partial charge >= 0.3 is 0 Å². The molecule has 0 aliphatic heterocycles. The zero-order valence-electron chi connectivity index (χ0n) is 10.2. The van der Waals surface area contributed by atoms with Crippen molar-refractivity contribution in [3.05, 3.63) is 46.3 Å². The van der Waals surface area contributed by atoms with E-state index in [9.17, 15) is 4.79 Å². The lowest BCUT2D eigenvalue weighted by molar-refractivity contribution is -0.115. The molecule has 0 spiro atoms. The number of hydrogen-bond donors (Lipinski definition) is 2. The van der Waals surface area contributed by atoms with Crippen LogP contribution in [-0.4, -0.2) is 17.4 Å². The molecule has 96 valence electrons. The van der Waals surface area contributed by atoms with Crippen molar-refractivity contribution < 1.29 is 4.79 Å². The molecule has 0 saturated heterocycles. The van der Waals surface area contributed by atoms with E-state index < -0.39 is 0 Å². The highest BCUT2D eigenvalue weighted by molar-refractivity contribution is 7.10. The molecule has 0 atom stereocenters. The molecule has 0 radical (unpaired) electrons. The number of rotatable bonds is 3. The van der Waals surface area contributed by atoms with Crippen LogP contribution in [0.2, 0.25) is 0 Å². The van der Waals surface area contributed by atoms with E-state index in [1.165, 1.54) is 0 Å². The lowest BCUT2D eigenvalue weighted by atomic mass is 10.2. The molecule has 0 aliphatic carbocycles. The average molecular weight is 271 g/mol. The van der Waals surface area contributed by atoms with Crippen molar-refractivity contribution >= 4 is 23.1 Å². The molecule has 4 nitrogen and oxygen atoms in total.